The second-order valence-electron chi connectivity index (χ2n) is 8.14. The van der Waals surface area contributed by atoms with Crippen LogP contribution in [0, 0.1) is 5.92 Å². The van der Waals surface area contributed by atoms with Crippen molar-refractivity contribution < 1.29 is 14.3 Å². The van der Waals surface area contributed by atoms with Gasteiger partial charge in [0.1, 0.15) is 5.60 Å². The van der Waals surface area contributed by atoms with Crippen LogP contribution < -0.4 is 10.6 Å². The van der Waals surface area contributed by atoms with Gasteiger partial charge in [-0.25, -0.2) is 4.79 Å². The summed E-state index contributed by atoms with van der Waals surface area (Å²) in [5.74, 6) is -0.460. The fourth-order valence-electron chi connectivity index (χ4n) is 3.11. The summed E-state index contributed by atoms with van der Waals surface area (Å²) in [7, 11) is 1.82. The van der Waals surface area contributed by atoms with E-state index < -0.39 is 17.7 Å². The summed E-state index contributed by atoms with van der Waals surface area (Å²) in [6, 6.07) is 3.35. The van der Waals surface area contributed by atoms with E-state index in [4.69, 9.17) is 4.74 Å². The highest BCUT2D eigenvalue weighted by Gasteiger charge is 2.23. The largest absolute Gasteiger partial charge is 0.444 e. The van der Waals surface area contributed by atoms with Crippen LogP contribution in [0.1, 0.15) is 45.9 Å². The highest BCUT2D eigenvalue weighted by molar-refractivity contribution is 5.96. The van der Waals surface area contributed by atoms with Crippen LogP contribution in [0.3, 0.4) is 0 Å². The molecule has 1 aliphatic heterocycles. The summed E-state index contributed by atoms with van der Waals surface area (Å²) in [5.41, 5.74) is 2.35. The molecule has 0 spiro atoms. The van der Waals surface area contributed by atoms with Gasteiger partial charge in [0.2, 0.25) is 5.91 Å². The average molecular weight is 397 g/mol. The van der Waals surface area contributed by atoms with Gasteiger partial charge in [-0.15, -0.1) is 0 Å². The second-order valence-corrected chi connectivity index (χ2v) is 8.14. The molecule has 29 heavy (non-hydrogen) atoms. The van der Waals surface area contributed by atoms with E-state index in [9.17, 15) is 9.59 Å². The number of hydrogen-bond acceptors (Lipinski definition) is 5. The van der Waals surface area contributed by atoms with Crippen molar-refractivity contribution in [2.45, 2.75) is 45.8 Å². The predicted octanol–water partition coefficient (Wildman–Crippen LogP) is 3.58. The van der Waals surface area contributed by atoms with Crippen LogP contribution in [-0.4, -0.2) is 32.4 Å². The highest BCUT2D eigenvalue weighted by atomic mass is 16.6. The molecule has 8 nitrogen and oxygen atoms in total. The number of nitrogens with zero attached hydrogens (tertiary/aromatic N) is 3. The van der Waals surface area contributed by atoms with E-state index in [1.807, 2.05) is 59.0 Å². The quantitative estimate of drug-likeness (QED) is 0.717. The lowest BCUT2D eigenvalue weighted by molar-refractivity contribution is -0.118. The number of hydrogen-bond donors (Lipinski definition) is 2. The fraction of sp³-hybridized carbons (Fsp3) is 0.429. The molecule has 0 saturated heterocycles. The number of carbonyl (C=O) groups is 2. The molecule has 2 amide bonds. The summed E-state index contributed by atoms with van der Waals surface area (Å²) in [6.07, 6.45) is 6.98. The average Bonchev–Trinajstić information content (AvgIpc) is 2.98. The third-order valence-electron chi connectivity index (χ3n) is 4.51. The first-order valence-corrected chi connectivity index (χ1v) is 9.59. The Kier molecular flexibility index (Phi) is 5.72. The van der Waals surface area contributed by atoms with E-state index in [0.717, 1.165) is 11.3 Å². The van der Waals surface area contributed by atoms with Crippen molar-refractivity contribution in [3.05, 3.63) is 42.4 Å². The number of nitrogens with one attached hydrogen (secondary N) is 2. The molecule has 154 valence electrons. The van der Waals surface area contributed by atoms with Crippen LogP contribution >= 0.6 is 0 Å². The van der Waals surface area contributed by atoms with Crippen LogP contribution in [-0.2, 0) is 16.6 Å². The molecule has 3 heterocycles. The van der Waals surface area contributed by atoms with Crippen molar-refractivity contribution >= 4 is 17.7 Å². The molecule has 1 aliphatic rings. The second kappa shape index (κ2) is 8.06. The smallest absolute Gasteiger partial charge is 0.408 e. The Balaban J connectivity index is 2.02. The van der Waals surface area contributed by atoms with Crippen molar-refractivity contribution in [3.63, 3.8) is 0 Å². The normalized spacial score (nSPS) is 19.4. The molecule has 0 aromatic carbocycles. The Hall–Kier alpha value is -3.16. The van der Waals surface area contributed by atoms with Crippen molar-refractivity contribution in [2.24, 2.45) is 13.0 Å². The van der Waals surface area contributed by atoms with Crippen LogP contribution in [0.5, 0.6) is 0 Å². The zero-order chi connectivity index (χ0) is 21.2. The Bertz CT molecular complexity index is 942. The Morgan fingerprint density at radius 3 is 2.86 bits per heavy atom. The van der Waals surface area contributed by atoms with Crippen molar-refractivity contribution in [1.29, 1.82) is 0 Å². The van der Waals surface area contributed by atoms with E-state index in [0.29, 0.717) is 17.8 Å². The van der Waals surface area contributed by atoms with Gasteiger partial charge in [-0.05, 0) is 39.3 Å². The maximum atomic E-state index is 12.5. The fourth-order valence-corrected chi connectivity index (χ4v) is 3.11. The molecule has 2 bridgehead atoms. The Labute approximate surface area is 170 Å². The number of aromatic nitrogens is 3. The number of anilines is 1. The van der Waals surface area contributed by atoms with Gasteiger partial charge in [0.25, 0.3) is 0 Å². The standard InChI is InChI=1S/C21H27N5O3/c1-13-7-6-8-15(25-20(28)29-21(2,3)4)16-11-14(9-10-22-16)18-17(24-19(13)27)12-23-26(18)5/h6-7,9-13,15H,8H2,1-5H3,(H,24,27)(H,25,28)/t13-,15+/m1/s1. The van der Waals surface area contributed by atoms with Crippen LogP contribution in [0.25, 0.3) is 11.3 Å². The minimum Gasteiger partial charge on any atom is -0.444 e. The molecular weight excluding hydrogens is 370 g/mol. The van der Waals surface area contributed by atoms with Gasteiger partial charge in [-0.3, -0.25) is 14.5 Å². The lowest BCUT2D eigenvalue weighted by atomic mass is 10.0. The summed E-state index contributed by atoms with van der Waals surface area (Å²) in [6.45, 7) is 7.27. The number of pyridine rings is 1. The number of carbonyl (C=O) groups excluding carboxylic acids is 2. The first kappa shape index (κ1) is 20.6. The molecule has 3 rings (SSSR count). The summed E-state index contributed by atoms with van der Waals surface area (Å²) < 4.78 is 7.11. The third kappa shape index (κ3) is 5.01. The van der Waals surface area contributed by atoms with Gasteiger partial charge in [0.15, 0.2) is 0 Å². The van der Waals surface area contributed by atoms with E-state index in [-0.39, 0.29) is 11.8 Å². The minimum absolute atomic E-state index is 0.123. The molecule has 0 aliphatic carbocycles. The number of rotatable bonds is 1. The zero-order valence-corrected chi connectivity index (χ0v) is 17.4. The summed E-state index contributed by atoms with van der Waals surface area (Å²) in [4.78, 5) is 29.4. The van der Waals surface area contributed by atoms with Gasteiger partial charge >= 0.3 is 6.09 Å². The lowest BCUT2D eigenvalue weighted by Gasteiger charge is -2.23. The summed E-state index contributed by atoms with van der Waals surface area (Å²) >= 11 is 0. The molecule has 2 atom stereocenters. The molecule has 0 saturated carbocycles. The summed E-state index contributed by atoms with van der Waals surface area (Å²) in [5, 5.41) is 10.1. The molecule has 0 radical (unpaired) electrons. The molecule has 2 aromatic heterocycles. The number of ether oxygens (including phenoxy) is 1. The topological polar surface area (TPSA) is 98.1 Å². The maximum absolute atomic E-state index is 12.5. The highest BCUT2D eigenvalue weighted by Crippen LogP contribution is 2.30. The molecule has 2 N–H and O–H groups in total. The first-order valence-electron chi connectivity index (χ1n) is 9.59. The number of aryl methyl sites for hydroxylation is 1. The van der Waals surface area contributed by atoms with Crippen LogP contribution in [0.4, 0.5) is 10.5 Å². The van der Waals surface area contributed by atoms with Crippen molar-refractivity contribution in [2.75, 3.05) is 5.32 Å². The molecule has 0 fully saturated rings. The molecule has 8 heteroatoms. The zero-order valence-electron chi connectivity index (χ0n) is 17.4. The molecule has 2 aromatic rings. The molecular formula is C21H27N5O3. The molecule has 0 unspecified atom stereocenters. The van der Waals surface area contributed by atoms with Crippen LogP contribution in [0.2, 0.25) is 0 Å². The monoisotopic (exact) mass is 397 g/mol. The van der Waals surface area contributed by atoms with Gasteiger partial charge < -0.3 is 15.4 Å². The van der Waals surface area contributed by atoms with Gasteiger partial charge in [-0.1, -0.05) is 19.1 Å². The van der Waals surface area contributed by atoms with E-state index >= 15 is 0 Å². The van der Waals surface area contributed by atoms with E-state index in [1.165, 1.54) is 0 Å². The van der Waals surface area contributed by atoms with E-state index in [2.05, 4.69) is 20.7 Å². The first-order chi connectivity index (χ1) is 13.6. The number of amides is 2. The van der Waals surface area contributed by atoms with Crippen molar-refractivity contribution in [3.8, 4) is 11.3 Å². The van der Waals surface area contributed by atoms with Crippen molar-refractivity contribution in [1.82, 2.24) is 20.1 Å². The van der Waals surface area contributed by atoms with Gasteiger partial charge in [-0.2, -0.15) is 5.10 Å². The Morgan fingerprint density at radius 1 is 1.38 bits per heavy atom. The van der Waals surface area contributed by atoms with Crippen LogP contribution in [0.15, 0.2) is 36.7 Å². The number of alkyl carbamates (subject to hydrolysis) is 1. The minimum atomic E-state index is -0.600. The Morgan fingerprint density at radius 2 is 2.14 bits per heavy atom. The lowest BCUT2D eigenvalue weighted by Crippen LogP contribution is -2.35. The third-order valence-corrected chi connectivity index (χ3v) is 4.51. The SMILES string of the molecule is C[C@@H]1C=CC[C@H](NC(=O)OC(C)(C)C)c2cc(ccn2)-c2c(cnn2C)NC1=O. The van der Waals surface area contributed by atoms with E-state index in [1.54, 1.807) is 17.1 Å². The number of fused-ring (bicyclic) bond motifs is 4. The van der Waals surface area contributed by atoms with Gasteiger partial charge in [0.05, 0.1) is 35.2 Å². The van der Waals surface area contributed by atoms with Gasteiger partial charge in [0, 0.05) is 18.8 Å². The predicted molar refractivity (Wildman–Crippen MR) is 110 cm³/mol. The maximum Gasteiger partial charge on any atom is 0.408 e.